The Morgan fingerprint density at radius 2 is 1.23 bits per heavy atom. The minimum absolute atomic E-state index is 0.164. The van der Waals surface area contributed by atoms with Gasteiger partial charge in [0.05, 0.1) is 19.1 Å². The molecule has 0 atom stereocenters. The van der Waals surface area contributed by atoms with Crippen LogP contribution in [0.5, 0.6) is 0 Å². The van der Waals surface area contributed by atoms with Crippen molar-refractivity contribution in [3.8, 4) is 0 Å². The summed E-state index contributed by atoms with van der Waals surface area (Å²) in [5, 5.41) is 1.35. The average molecular weight is 476 g/mol. The van der Waals surface area contributed by atoms with E-state index in [0.29, 0.717) is 22.4 Å². The number of anilines is 1. The van der Waals surface area contributed by atoms with Gasteiger partial charge in [-0.15, -0.1) is 0 Å². The van der Waals surface area contributed by atoms with Gasteiger partial charge in [0.1, 0.15) is 0 Å². The van der Waals surface area contributed by atoms with Gasteiger partial charge < -0.3 is 14.8 Å². The first-order valence-electron chi connectivity index (χ1n) is 10.6. The molecule has 2 rings (SSSR count). The number of ether oxygens (including phenoxy) is 2. The van der Waals surface area contributed by atoms with Crippen molar-refractivity contribution < 1.29 is 23.9 Å². The lowest BCUT2D eigenvalue weighted by atomic mass is 9.92. The van der Waals surface area contributed by atoms with Crippen molar-refractivity contribution in [1.82, 2.24) is 0 Å². The summed E-state index contributed by atoms with van der Waals surface area (Å²) in [6.07, 6.45) is -0.335. The Kier molecular flexibility index (Phi) is 13.2. The fourth-order valence-electron chi connectivity index (χ4n) is 3.28. The zero-order valence-electron chi connectivity index (χ0n) is 19.9. The smallest absolute Gasteiger partial charge is 0.253 e. The third-order valence-corrected chi connectivity index (χ3v) is 5.11. The van der Waals surface area contributed by atoms with Gasteiger partial charge in [-0.25, -0.2) is 0 Å². The molecule has 0 radical (unpaired) electrons. The molecule has 8 heteroatoms. The van der Waals surface area contributed by atoms with Crippen LogP contribution < -0.4 is 5.32 Å². The van der Waals surface area contributed by atoms with Gasteiger partial charge in [-0.05, 0) is 60.7 Å². The number of carbonyl (C=O) groups is 3. The molecule has 0 unspecified atom stereocenters. The van der Waals surface area contributed by atoms with E-state index in [-0.39, 0.29) is 42.5 Å². The summed E-state index contributed by atoms with van der Waals surface area (Å²) in [6.45, 7) is 17.3. The molecule has 1 aromatic carbocycles. The first kappa shape index (κ1) is 29.5. The number of rotatable bonds is 5. The normalized spacial score (nSPS) is 17.7. The summed E-state index contributed by atoms with van der Waals surface area (Å²) in [5.41, 5.74) is 2.04. The molecule has 1 fully saturated rings. The quantitative estimate of drug-likeness (QED) is 0.527. The van der Waals surface area contributed by atoms with Gasteiger partial charge >= 0.3 is 0 Å². The highest BCUT2D eigenvalue weighted by Crippen LogP contribution is 2.33. The number of benzene rings is 1. The van der Waals surface area contributed by atoms with E-state index in [1.807, 2.05) is 41.5 Å². The van der Waals surface area contributed by atoms with Gasteiger partial charge in [0.2, 0.25) is 5.91 Å². The Labute approximate surface area is 196 Å². The number of halogens is 2. The van der Waals surface area contributed by atoms with Crippen LogP contribution in [0.1, 0.15) is 78.9 Å². The molecule has 1 N–H and O–H groups in total. The van der Waals surface area contributed by atoms with E-state index in [1.54, 1.807) is 20.8 Å². The van der Waals surface area contributed by atoms with E-state index in [0.717, 1.165) is 0 Å². The third-order valence-electron chi connectivity index (χ3n) is 4.73. The Hall–Kier alpha value is -1.47. The molecular formula is C23H35Cl2NO5. The van der Waals surface area contributed by atoms with E-state index in [1.165, 1.54) is 0 Å². The first-order valence-corrected chi connectivity index (χ1v) is 11.4. The van der Waals surface area contributed by atoms with Crippen LogP contribution >= 0.6 is 23.2 Å². The molecule has 1 saturated heterocycles. The standard InChI is InChI=1S/C19H23Cl2NO5.2C2H6/c1-8(2)19-26-6-12(7-27-19)18(25)22-15-10(4)13(16(20)23)9(3)14(11(15)5)17(21)24;2*1-2/h8,12,19H,6-7H2,1-5H3,(H,22,25);2*1-2H3. The number of hydrogen-bond acceptors (Lipinski definition) is 5. The van der Waals surface area contributed by atoms with E-state index < -0.39 is 16.4 Å². The predicted octanol–water partition coefficient (Wildman–Crippen LogP) is 6.01. The predicted molar refractivity (Wildman–Crippen MR) is 126 cm³/mol. The van der Waals surface area contributed by atoms with Crippen LogP contribution in [0.4, 0.5) is 5.69 Å². The van der Waals surface area contributed by atoms with Gasteiger partial charge in [0.25, 0.3) is 10.5 Å². The zero-order chi connectivity index (χ0) is 24.5. The molecule has 176 valence electrons. The Morgan fingerprint density at radius 3 is 1.55 bits per heavy atom. The molecule has 1 amide bonds. The van der Waals surface area contributed by atoms with Crippen LogP contribution in [0, 0.1) is 32.6 Å². The Morgan fingerprint density at radius 1 is 0.839 bits per heavy atom. The molecule has 0 aromatic heterocycles. The van der Waals surface area contributed by atoms with Crippen LogP contribution in [0.15, 0.2) is 0 Å². The monoisotopic (exact) mass is 475 g/mol. The maximum atomic E-state index is 12.7. The van der Waals surface area contributed by atoms with Crippen molar-refractivity contribution in [1.29, 1.82) is 0 Å². The van der Waals surface area contributed by atoms with Crippen molar-refractivity contribution >= 4 is 45.3 Å². The lowest BCUT2D eigenvalue weighted by Gasteiger charge is -2.31. The van der Waals surface area contributed by atoms with Crippen molar-refractivity contribution in [2.45, 2.75) is 68.6 Å². The summed E-state index contributed by atoms with van der Waals surface area (Å²) in [5.74, 6) is -0.649. The maximum Gasteiger partial charge on any atom is 0.253 e. The van der Waals surface area contributed by atoms with Crippen LogP contribution in [-0.4, -0.2) is 35.9 Å². The summed E-state index contributed by atoms with van der Waals surface area (Å²) in [7, 11) is 0. The molecule has 0 saturated carbocycles. The number of carbonyl (C=O) groups excluding carboxylic acids is 3. The summed E-state index contributed by atoms with van der Waals surface area (Å²) in [4.78, 5) is 36.4. The summed E-state index contributed by atoms with van der Waals surface area (Å²) < 4.78 is 11.2. The van der Waals surface area contributed by atoms with Gasteiger partial charge in [-0.2, -0.15) is 0 Å². The Bertz CT molecular complexity index is 744. The molecule has 1 aliphatic rings. The van der Waals surface area contributed by atoms with Crippen LogP contribution in [0.2, 0.25) is 0 Å². The highest BCUT2D eigenvalue weighted by molar-refractivity contribution is 6.69. The van der Waals surface area contributed by atoms with Gasteiger partial charge in [0, 0.05) is 22.7 Å². The molecule has 0 bridgehead atoms. The number of amides is 1. The molecule has 1 aliphatic heterocycles. The van der Waals surface area contributed by atoms with Crippen molar-refractivity contribution in [3.63, 3.8) is 0 Å². The second-order valence-corrected chi connectivity index (χ2v) is 7.70. The second-order valence-electron chi connectivity index (χ2n) is 7.01. The molecular weight excluding hydrogens is 441 g/mol. The van der Waals surface area contributed by atoms with E-state index in [4.69, 9.17) is 32.7 Å². The first-order chi connectivity index (χ1) is 14.6. The molecule has 0 spiro atoms. The molecule has 1 heterocycles. The van der Waals surface area contributed by atoms with E-state index in [9.17, 15) is 14.4 Å². The van der Waals surface area contributed by atoms with Crippen LogP contribution in [0.25, 0.3) is 0 Å². The molecule has 0 aliphatic carbocycles. The second kappa shape index (κ2) is 13.8. The van der Waals surface area contributed by atoms with Crippen molar-refractivity contribution in [2.24, 2.45) is 11.8 Å². The summed E-state index contributed by atoms with van der Waals surface area (Å²) >= 11 is 11.4. The topological polar surface area (TPSA) is 81.7 Å². The zero-order valence-corrected chi connectivity index (χ0v) is 21.5. The lowest BCUT2D eigenvalue weighted by Crippen LogP contribution is -2.41. The minimum atomic E-state index is -0.719. The van der Waals surface area contributed by atoms with Crippen molar-refractivity contribution in [2.75, 3.05) is 18.5 Å². The summed E-state index contributed by atoms with van der Waals surface area (Å²) in [6, 6.07) is 0. The maximum absolute atomic E-state index is 12.7. The van der Waals surface area contributed by atoms with Crippen LogP contribution in [-0.2, 0) is 14.3 Å². The van der Waals surface area contributed by atoms with Gasteiger partial charge in [0.15, 0.2) is 6.29 Å². The van der Waals surface area contributed by atoms with E-state index in [2.05, 4.69) is 5.32 Å². The largest absolute Gasteiger partial charge is 0.351 e. The molecule has 31 heavy (non-hydrogen) atoms. The van der Waals surface area contributed by atoms with E-state index >= 15 is 0 Å². The van der Waals surface area contributed by atoms with Gasteiger partial charge in [-0.3, -0.25) is 14.4 Å². The SMILES string of the molecule is CC.CC.Cc1c(NC(=O)C2COC(C(C)C)OC2)c(C)c(C(=O)Cl)c(C)c1C(=O)Cl. The Balaban J connectivity index is 0.00000212. The van der Waals surface area contributed by atoms with Crippen molar-refractivity contribution in [3.05, 3.63) is 27.8 Å². The fourth-order valence-corrected chi connectivity index (χ4v) is 3.84. The van der Waals surface area contributed by atoms with Gasteiger partial charge in [-0.1, -0.05) is 41.5 Å². The number of hydrogen-bond donors (Lipinski definition) is 1. The highest BCUT2D eigenvalue weighted by Gasteiger charge is 2.31. The molecule has 6 nitrogen and oxygen atoms in total. The number of nitrogens with one attached hydrogen (secondary N) is 1. The average Bonchev–Trinajstić information content (AvgIpc) is 2.73. The third kappa shape index (κ3) is 7.28. The van der Waals surface area contributed by atoms with Crippen LogP contribution in [0.3, 0.4) is 0 Å². The highest BCUT2D eigenvalue weighted by atomic mass is 35.5. The molecule has 1 aromatic rings. The fraction of sp³-hybridized carbons (Fsp3) is 0.609. The minimum Gasteiger partial charge on any atom is -0.351 e. The lowest BCUT2D eigenvalue weighted by molar-refractivity contribution is -0.217.